The normalized spacial score (nSPS) is 11.9. The van der Waals surface area contributed by atoms with Crippen LogP contribution in [0.3, 0.4) is 0 Å². The number of carbonyl (C=O) groups is 2. The zero-order chi connectivity index (χ0) is 30.4. The number of fused-ring (bicyclic) bond motifs is 1. The third kappa shape index (κ3) is 6.72. The monoisotopic (exact) mass is 591 g/mol. The van der Waals surface area contributed by atoms with Crippen molar-refractivity contribution in [1.82, 2.24) is 10.3 Å². The molecule has 0 aliphatic rings. The van der Waals surface area contributed by atoms with E-state index in [1.807, 2.05) is 18.2 Å². The van der Waals surface area contributed by atoms with E-state index < -0.39 is 21.8 Å². The summed E-state index contributed by atoms with van der Waals surface area (Å²) in [7, 11) is -0.585. The number of nitrogen functional groups attached to an aromatic ring is 1. The second-order valence-electron chi connectivity index (χ2n) is 9.45. The molecule has 2 amide bonds. The molecule has 5 N–H and O–H groups in total. The van der Waals surface area contributed by atoms with E-state index in [0.717, 1.165) is 10.8 Å². The van der Waals surface area contributed by atoms with E-state index in [9.17, 15) is 18.0 Å². The number of ether oxygens (including phenoxy) is 2. The summed E-state index contributed by atoms with van der Waals surface area (Å²) in [6.07, 6.45) is 1.61. The maximum Gasteiger partial charge on any atom is 0.247 e. The molecule has 12 heteroatoms. The molecule has 0 saturated heterocycles. The highest BCUT2D eigenvalue weighted by atomic mass is 32.2. The lowest BCUT2D eigenvalue weighted by Crippen LogP contribution is -2.33. The molecule has 42 heavy (non-hydrogen) atoms. The number of nitrogens with zero attached hydrogens (tertiary/aromatic N) is 1. The number of carbonyl (C=O) groups excluding carboxylic acids is 2. The molecule has 3 aromatic carbocycles. The van der Waals surface area contributed by atoms with E-state index >= 15 is 0 Å². The van der Waals surface area contributed by atoms with Gasteiger partial charge in [0.1, 0.15) is 11.9 Å². The van der Waals surface area contributed by atoms with Crippen molar-refractivity contribution >= 4 is 49.6 Å². The number of hydrogen-bond donors (Lipinski definition) is 4. The lowest BCUT2D eigenvalue weighted by atomic mass is 10.0. The molecule has 1 aromatic heterocycles. The molecule has 0 bridgehead atoms. The number of pyridine rings is 1. The van der Waals surface area contributed by atoms with Gasteiger partial charge in [-0.15, -0.1) is 0 Å². The van der Waals surface area contributed by atoms with Gasteiger partial charge in [-0.25, -0.2) is 13.4 Å². The molecule has 1 heterocycles. The summed E-state index contributed by atoms with van der Waals surface area (Å²) in [6, 6.07) is 16.0. The quantitative estimate of drug-likeness (QED) is 0.202. The summed E-state index contributed by atoms with van der Waals surface area (Å²) >= 11 is 0. The molecule has 0 spiro atoms. The average Bonchev–Trinajstić information content (AvgIpc) is 2.98. The molecule has 11 nitrogen and oxygen atoms in total. The maximum atomic E-state index is 13.8. The number of amides is 2. The van der Waals surface area contributed by atoms with Crippen LogP contribution in [0.2, 0.25) is 0 Å². The van der Waals surface area contributed by atoms with Gasteiger partial charge >= 0.3 is 0 Å². The summed E-state index contributed by atoms with van der Waals surface area (Å²) in [5.74, 6) is 0.478. The summed E-state index contributed by atoms with van der Waals surface area (Å²) in [5, 5.41) is 10.4. The van der Waals surface area contributed by atoms with Crippen molar-refractivity contribution in [3.05, 3.63) is 78.0 Å². The van der Waals surface area contributed by atoms with Crippen LogP contribution in [0.5, 0.6) is 11.5 Å². The van der Waals surface area contributed by atoms with Gasteiger partial charge in [0.2, 0.25) is 11.8 Å². The predicted octanol–water partition coefficient (Wildman–Crippen LogP) is 4.06. The zero-order valence-corrected chi connectivity index (χ0v) is 24.5. The summed E-state index contributed by atoms with van der Waals surface area (Å²) in [6.45, 7) is 2.80. The molecule has 4 aromatic rings. The van der Waals surface area contributed by atoms with Gasteiger partial charge in [0.05, 0.1) is 24.9 Å². The Bertz CT molecular complexity index is 1740. The van der Waals surface area contributed by atoms with E-state index in [0.29, 0.717) is 39.8 Å². The fourth-order valence-electron chi connectivity index (χ4n) is 4.53. The number of methoxy groups -OCH3 is 2. The van der Waals surface area contributed by atoms with Gasteiger partial charge in [-0.05, 0) is 71.1 Å². The number of nitrogens with two attached hydrogens (primary N) is 1. The SMILES string of the molecule is CCS(=O)(=O)c1ccc(NC(C)=O)cc1CNC(=O)[C@H](Nc1ccc2c(N)nccc2c1)c1ccc(OC)c(OC)c1. The van der Waals surface area contributed by atoms with Gasteiger partial charge in [0.15, 0.2) is 21.3 Å². The van der Waals surface area contributed by atoms with E-state index in [4.69, 9.17) is 15.2 Å². The predicted molar refractivity (Wildman–Crippen MR) is 162 cm³/mol. The van der Waals surface area contributed by atoms with Crippen molar-refractivity contribution < 1.29 is 27.5 Å². The second-order valence-corrected chi connectivity index (χ2v) is 11.7. The topological polar surface area (TPSA) is 162 Å². The molecular formula is C30H33N5O6S. The molecule has 0 aliphatic heterocycles. The lowest BCUT2D eigenvalue weighted by Gasteiger charge is -2.22. The maximum absolute atomic E-state index is 13.8. The van der Waals surface area contributed by atoms with E-state index in [-0.39, 0.29) is 23.1 Å². The van der Waals surface area contributed by atoms with Crippen LogP contribution >= 0.6 is 0 Å². The smallest absolute Gasteiger partial charge is 0.247 e. The number of sulfone groups is 1. The Kier molecular flexibility index (Phi) is 9.16. The Morgan fingerprint density at radius 3 is 2.38 bits per heavy atom. The largest absolute Gasteiger partial charge is 0.493 e. The van der Waals surface area contributed by atoms with Crippen LogP contribution in [0.1, 0.15) is 31.0 Å². The summed E-state index contributed by atoms with van der Waals surface area (Å²) in [4.78, 5) is 29.6. The van der Waals surface area contributed by atoms with Gasteiger partial charge in [0, 0.05) is 36.4 Å². The molecule has 4 rings (SSSR count). The van der Waals surface area contributed by atoms with Crippen LogP contribution in [0.25, 0.3) is 10.8 Å². The van der Waals surface area contributed by atoms with Crippen molar-refractivity contribution in [2.45, 2.75) is 31.3 Å². The molecule has 0 saturated carbocycles. The molecule has 0 fully saturated rings. The Hall–Kier alpha value is -4.84. The highest BCUT2D eigenvalue weighted by molar-refractivity contribution is 7.91. The Morgan fingerprint density at radius 2 is 1.69 bits per heavy atom. The van der Waals surface area contributed by atoms with Crippen molar-refractivity contribution in [2.24, 2.45) is 0 Å². The third-order valence-corrected chi connectivity index (χ3v) is 8.49. The lowest BCUT2D eigenvalue weighted by molar-refractivity contribution is -0.122. The molecule has 0 unspecified atom stereocenters. The third-order valence-electron chi connectivity index (χ3n) is 6.66. The zero-order valence-electron chi connectivity index (χ0n) is 23.7. The fourth-order valence-corrected chi connectivity index (χ4v) is 5.65. The molecular weight excluding hydrogens is 558 g/mol. The molecule has 0 aliphatic carbocycles. The summed E-state index contributed by atoms with van der Waals surface area (Å²) < 4.78 is 36.4. The minimum atomic E-state index is -3.61. The minimum Gasteiger partial charge on any atom is -0.493 e. The number of nitrogens with one attached hydrogen (secondary N) is 3. The number of benzene rings is 3. The van der Waals surface area contributed by atoms with Crippen LogP contribution in [0.4, 0.5) is 17.2 Å². The van der Waals surface area contributed by atoms with Gasteiger partial charge in [0.25, 0.3) is 0 Å². The molecule has 220 valence electrons. The fraction of sp³-hybridized carbons (Fsp3) is 0.233. The second kappa shape index (κ2) is 12.8. The highest BCUT2D eigenvalue weighted by Gasteiger charge is 2.24. The van der Waals surface area contributed by atoms with Crippen LogP contribution in [-0.4, -0.2) is 45.2 Å². The first-order chi connectivity index (χ1) is 20.1. The number of anilines is 3. The van der Waals surface area contributed by atoms with Crippen molar-refractivity contribution in [3.63, 3.8) is 0 Å². The first-order valence-electron chi connectivity index (χ1n) is 13.1. The summed E-state index contributed by atoms with van der Waals surface area (Å²) in [5.41, 5.74) is 7.99. The van der Waals surface area contributed by atoms with Crippen molar-refractivity contribution in [2.75, 3.05) is 36.3 Å². The van der Waals surface area contributed by atoms with Crippen molar-refractivity contribution in [1.29, 1.82) is 0 Å². The van der Waals surface area contributed by atoms with Gasteiger partial charge < -0.3 is 31.2 Å². The van der Waals surface area contributed by atoms with Gasteiger partial charge in [-0.1, -0.05) is 13.0 Å². The van der Waals surface area contributed by atoms with E-state index in [1.165, 1.54) is 33.3 Å². The van der Waals surface area contributed by atoms with Crippen molar-refractivity contribution in [3.8, 4) is 11.5 Å². The van der Waals surface area contributed by atoms with E-state index in [1.54, 1.807) is 43.5 Å². The molecule has 1 atom stereocenters. The van der Waals surface area contributed by atoms with Crippen LogP contribution in [0, 0.1) is 0 Å². The average molecular weight is 592 g/mol. The van der Waals surface area contributed by atoms with Crippen LogP contribution in [-0.2, 0) is 26.0 Å². The number of aromatic nitrogens is 1. The van der Waals surface area contributed by atoms with Gasteiger partial charge in [-0.2, -0.15) is 0 Å². The standard InChI is InChI=1S/C30H33N5O6S/c1-5-42(38,39)27-11-8-22(34-18(2)36)15-21(27)17-33-30(37)28(20-6-10-25(40-3)26(16-20)41-4)35-23-7-9-24-19(14-23)12-13-32-29(24)31/h6-16,28,35H,5,17H2,1-4H3,(H2,31,32)(H,33,37)(H,34,36)/t28-/m1/s1. The highest BCUT2D eigenvalue weighted by Crippen LogP contribution is 2.32. The number of hydrogen-bond acceptors (Lipinski definition) is 9. The Morgan fingerprint density at radius 1 is 0.952 bits per heavy atom. The molecule has 0 radical (unpaired) electrons. The number of rotatable bonds is 11. The first-order valence-corrected chi connectivity index (χ1v) is 14.7. The van der Waals surface area contributed by atoms with Crippen LogP contribution < -0.4 is 31.2 Å². The minimum absolute atomic E-state index is 0.0794. The Labute approximate surface area is 244 Å². The van der Waals surface area contributed by atoms with Crippen LogP contribution in [0.15, 0.2) is 71.8 Å². The van der Waals surface area contributed by atoms with Gasteiger partial charge in [-0.3, -0.25) is 9.59 Å². The van der Waals surface area contributed by atoms with E-state index in [2.05, 4.69) is 20.9 Å². The first kappa shape index (κ1) is 30.1. The Balaban J connectivity index is 1.70.